The summed E-state index contributed by atoms with van der Waals surface area (Å²) in [6.45, 7) is 2.81. The maximum absolute atomic E-state index is 13.1. The quantitative estimate of drug-likeness (QED) is 0.803. The minimum absolute atomic E-state index is 0.102. The van der Waals surface area contributed by atoms with E-state index in [0.717, 1.165) is 45.2 Å². The molecule has 0 N–H and O–H groups in total. The van der Waals surface area contributed by atoms with Gasteiger partial charge in [0.2, 0.25) is 5.91 Å². The van der Waals surface area contributed by atoms with Gasteiger partial charge in [0.25, 0.3) is 5.91 Å². The third kappa shape index (κ3) is 4.81. The molecule has 29 heavy (non-hydrogen) atoms. The van der Waals surface area contributed by atoms with Crippen LogP contribution in [0.15, 0.2) is 48.9 Å². The molecule has 1 aromatic heterocycles. The van der Waals surface area contributed by atoms with Crippen LogP contribution >= 0.6 is 0 Å². The normalized spacial score (nSPS) is 20.5. The first-order chi connectivity index (χ1) is 14.2. The molecule has 2 fully saturated rings. The Morgan fingerprint density at radius 2 is 1.76 bits per heavy atom. The molecule has 1 aromatic carbocycles. The van der Waals surface area contributed by atoms with Crippen LogP contribution in [0.2, 0.25) is 0 Å². The molecule has 0 unspecified atom stereocenters. The zero-order valence-corrected chi connectivity index (χ0v) is 16.7. The first-order valence-corrected chi connectivity index (χ1v) is 10.6. The highest BCUT2D eigenvalue weighted by molar-refractivity contribution is 5.92. The van der Waals surface area contributed by atoms with Crippen LogP contribution in [-0.4, -0.2) is 57.8 Å². The van der Waals surface area contributed by atoms with Gasteiger partial charge in [0.15, 0.2) is 0 Å². The number of amides is 2. The van der Waals surface area contributed by atoms with E-state index in [1.807, 2.05) is 11.0 Å². The van der Waals surface area contributed by atoms with Crippen molar-refractivity contribution >= 4 is 11.8 Å². The second-order valence-corrected chi connectivity index (χ2v) is 8.14. The molecule has 0 spiro atoms. The van der Waals surface area contributed by atoms with Crippen LogP contribution < -0.4 is 0 Å². The Hall–Kier alpha value is -2.76. The molecular weight excluding hydrogens is 364 g/mol. The van der Waals surface area contributed by atoms with Crippen LogP contribution in [0.1, 0.15) is 41.7 Å². The number of hydrogen-bond donors (Lipinski definition) is 0. The average molecular weight is 393 g/mol. The zero-order chi connectivity index (χ0) is 20.1. The summed E-state index contributed by atoms with van der Waals surface area (Å²) in [5, 5.41) is 0. The summed E-state index contributed by atoms with van der Waals surface area (Å²) < 4.78 is 0. The average Bonchev–Trinajstić information content (AvgIpc) is 2.80. The van der Waals surface area contributed by atoms with Crippen molar-refractivity contribution < 1.29 is 9.59 Å². The van der Waals surface area contributed by atoms with Gasteiger partial charge < -0.3 is 9.80 Å². The maximum Gasteiger partial charge on any atom is 0.274 e. The lowest BCUT2D eigenvalue weighted by Crippen LogP contribution is -2.48. The molecule has 0 bridgehead atoms. The number of carbonyl (C=O) groups excluding carboxylic acids is 2. The molecule has 1 atom stereocenters. The largest absolute Gasteiger partial charge is 0.342 e. The Balaban J connectivity index is 1.30. The first-order valence-electron chi connectivity index (χ1n) is 10.6. The summed E-state index contributed by atoms with van der Waals surface area (Å²) in [7, 11) is 0. The van der Waals surface area contributed by atoms with Gasteiger partial charge in [-0.3, -0.25) is 14.6 Å². The van der Waals surface area contributed by atoms with Crippen LogP contribution in [0.5, 0.6) is 0 Å². The van der Waals surface area contributed by atoms with E-state index in [9.17, 15) is 9.59 Å². The Bertz CT molecular complexity index is 819. The van der Waals surface area contributed by atoms with Gasteiger partial charge in [0.1, 0.15) is 5.69 Å². The minimum Gasteiger partial charge on any atom is -0.342 e. The topological polar surface area (TPSA) is 66.4 Å². The molecule has 2 aromatic rings. The Kier molecular flexibility index (Phi) is 6.17. The lowest BCUT2D eigenvalue weighted by atomic mass is 9.89. The van der Waals surface area contributed by atoms with Crippen molar-refractivity contribution in [3.8, 4) is 0 Å². The summed E-state index contributed by atoms with van der Waals surface area (Å²) in [5.41, 5.74) is 1.73. The zero-order valence-electron chi connectivity index (χ0n) is 16.7. The van der Waals surface area contributed by atoms with Crippen molar-refractivity contribution in [3.63, 3.8) is 0 Å². The maximum atomic E-state index is 13.1. The fourth-order valence-electron chi connectivity index (χ4n) is 4.50. The van der Waals surface area contributed by atoms with Gasteiger partial charge >= 0.3 is 0 Å². The Morgan fingerprint density at radius 3 is 2.48 bits per heavy atom. The van der Waals surface area contributed by atoms with Crippen molar-refractivity contribution in [2.75, 3.05) is 26.2 Å². The van der Waals surface area contributed by atoms with Gasteiger partial charge in [0.05, 0.1) is 12.1 Å². The highest BCUT2D eigenvalue weighted by Crippen LogP contribution is 2.25. The summed E-state index contributed by atoms with van der Waals surface area (Å²) in [6, 6.07) is 10.6. The van der Waals surface area contributed by atoms with E-state index in [-0.39, 0.29) is 17.7 Å². The Morgan fingerprint density at radius 1 is 0.966 bits per heavy atom. The third-order valence-corrected chi connectivity index (χ3v) is 6.13. The van der Waals surface area contributed by atoms with Crippen LogP contribution in [-0.2, 0) is 11.2 Å². The van der Waals surface area contributed by atoms with E-state index in [1.165, 1.54) is 18.0 Å². The predicted octanol–water partition coefficient (Wildman–Crippen LogP) is 2.81. The van der Waals surface area contributed by atoms with Crippen molar-refractivity contribution in [3.05, 3.63) is 60.2 Å². The molecule has 4 rings (SSSR count). The molecule has 2 aliphatic heterocycles. The summed E-state index contributed by atoms with van der Waals surface area (Å²) >= 11 is 0. The number of nitrogens with zero attached hydrogens (tertiary/aromatic N) is 4. The summed E-state index contributed by atoms with van der Waals surface area (Å²) in [6.07, 6.45) is 9.48. The number of likely N-dealkylation sites (tertiary alicyclic amines) is 2. The predicted molar refractivity (Wildman–Crippen MR) is 110 cm³/mol. The van der Waals surface area contributed by atoms with Crippen LogP contribution in [0.3, 0.4) is 0 Å². The molecule has 3 heterocycles. The molecule has 2 aliphatic rings. The van der Waals surface area contributed by atoms with Gasteiger partial charge in [-0.25, -0.2) is 4.98 Å². The SMILES string of the molecule is O=C(c1cnccn1)N1CCC[C@@H](C(=O)N2CCC(Cc3ccccc3)CC2)C1. The number of rotatable bonds is 4. The molecule has 0 aliphatic carbocycles. The third-order valence-electron chi connectivity index (χ3n) is 6.13. The van der Waals surface area contributed by atoms with Gasteiger partial charge in [-0.15, -0.1) is 0 Å². The van der Waals surface area contributed by atoms with Crippen LogP contribution in [0.4, 0.5) is 0 Å². The van der Waals surface area contributed by atoms with Crippen molar-refractivity contribution in [1.29, 1.82) is 0 Å². The number of piperidine rings is 2. The molecule has 152 valence electrons. The number of carbonyl (C=O) groups is 2. The monoisotopic (exact) mass is 392 g/mol. The van der Waals surface area contributed by atoms with Crippen molar-refractivity contribution in [2.24, 2.45) is 11.8 Å². The molecule has 6 nitrogen and oxygen atoms in total. The Labute approximate surface area is 172 Å². The van der Waals surface area contributed by atoms with E-state index < -0.39 is 0 Å². The molecular formula is C23H28N4O2. The molecule has 2 amide bonds. The highest BCUT2D eigenvalue weighted by Gasteiger charge is 2.33. The molecule has 0 radical (unpaired) electrons. The summed E-state index contributed by atoms with van der Waals surface area (Å²) in [5.74, 6) is 0.620. The first kappa shape index (κ1) is 19.6. The number of hydrogen-bond acceptors (Lipinski definition) is 4. The fraction of sp³-hybridized carbons (Fsp3) is 0.478. The molecule has 6 heteroatoms. The van der Waals surface area contributed by atoms with Gasteiger partial charge in [0, 0.05) is 38.6 Å². The van der Waals surface area contributed by atoms with E-state index in [0.29, 0.717) is 24.7 Å². The van der Waals surface area contributed by atoms with Gasteiger partial charge in [-0.1, -0.05) is 30.3 Å². The number of benzene rings is 1. The van der Waals surface area contributed by atoms with E-state index in [1.54, 1.807) is 11.1 Å². The van der Waals surface area contributed by atoms with E-state index >= 15 is 0 Å². The van der Waals surface area contributed by atoms with E-state index in [2.05, 4.69) is 34.2 Å². The summed E-state index contributed by atoms with van der Waals surface area (Å²) in [4.78, 5) is 37.6. The lowest BCUT2D eigenvalue weighted by Gasteiger charge is -2.37. The van der Waals surface area contributed by atoms with Crippen LogP contribution in [0.25, 0.3) is 0 Å². The van der Waals surface area contributed by atoms with Crippen molar-refractivity contribution in [2.45, 2.75) is 32.1 Å². The second kappa shape index (κ2) is 9.16. The smallest absolute Gasteiger partial charge is 0.274 e. The fourth-order valence-corrected chi connectivity index (χ4v) is 4.50. The molecule has 0 saturated carbocycles. The number of aromatic nitrogens is 2. The lowest BCUT2D eigenvalue weighted by molar-refractivity contribution is -0.138. The van der Waals surface area contributed by atoms with E-state index in [4.69, 9.17) is 0 Å². The van der Waals surface area contributed by atoms with Crippen molar-refractivity contribution in [1.82, 2.24) is 19.8 Å². The molecule has 2 saturated heterocycles. The minimum atomic E-state index is -0.128. The van der Waals surface area contributed by atoms with Crippen LogP contribution in [0, 0.1) is 11.8 Å². The van der Waals surface area contributed by atoms with Gasteiger partial charge in [-0.05, 0) is 43.6 Å². The second-order valence-electron chi connectivity index (χ2n) is 8.14. The standard InChI is InChI=1S/C23H28N4O2/c28-22(26-13-8-19(9-14-26)15-18-5-2-1-3-6-18)20-7-4-12-27(17-20)23(29)21-16-24-10-11-25-21/h1-3,5-6,10-11,16,19-20H,4,7-9,12-15,17H2/t20-/m1/s1. The highest BCUT2D eigenvalue weighted by atomic mass is 16.2. The van der Waals surface area contributed by atoms with Gasteiger partial charge in [-0.2, -0.15) is 0 Å².